The number of halogens is 1. The van der Waals surface area contributed by atoms with Gasteiger partial charge in [-0.25, -0.2) is 0 Å². The molecule has 0 unspecified atom stereocenters. The third kappa shape index (κ3) is 3.49. The van der Waals surface area contributed by atoms with E-state index in [2.05, 4.69) is 13.0 Å². The predicted molar refractivity (Wildman–Crippen MR) is 80.1 cm³/mol. The van der Waals surface area contributed by atoms with Gasteiger partial charge < -0.3 is 10.5 Å². The molecule has 0 saturated carbocycles. The van der Waals surface area contributed by atoms with Crippen LogP contribution in [0.5, 0.6) is 11.5 Å². The van der Waals surface area contributed by atoms with Crippen LogP contribution in [0.25, 0.3) is 0 Å². The SMILES string of the molecule is CCc1ccccc1Oc1ccc(CCN)cc1Cl. The van der Waals surface area contributed by atoms with Gasteiger partial charge in [0.25, 0.3) is 0 Å². The Kier molecular flexibility index (Phi) is 4.83. The van der Waals surface area contributed by atoms with Gasteiger partial charge in [0.1, 0.15) is 11.5 Å². The van der Waals surface area contributed by atoms with Gasteiger partial charge in [-0.05, 0) is 48.7 Å². The van der Waals surface area contributed by atoms with Crippen LogP contribution in [-0.4, -0.2) is 6.54 Å². The smallest absolute Gasteiger partial charge is 0.146 e. The molecule has 0 bridgehead atoms. The van der Waals surface area contributed by atoms with Gasteiger partial charge in [0.2, 0.25) is 0 Å². The highest BCUT2D eigenvalue weighted by Crippen LogP contribution is 2.32. The van der Waals surface area contributed by atoms with Crippen molar-refractivity contribution in [2.75, 3.05) is 6.54 Å². The standard InChI is InChI=1S/C16H18ClNO/c1-2-13-5-3-4-6-15(13)19-16-8-7-12(9-10-18)11-14(16)17/h3-8,11H,2,9-10,18H2,1H3. The Labute approximate surface area is 119 Å². The van der Waals surface area contributed by atoms with Crippen LogP contribution in [-0.2, 0) is 12.8 Å². The summed E-state index contributed by atoms with van der Waals surface area (Å²) in [5.74, 6) is 1.54. The topological polar surface area (TPSA) is 35.2 Å². The molecule has 2 N–H and O–H groups in total. The van der Waals surface area contributed by atoms with Crippen LogP contribution < -0.4 is 10.5 Å². The largest absolute Gasteiger partial charge is 0.456 e. The van der Waals surface area contributed by atoms with E-state index in [-0.39, 0.29) is 0 Å². The van der Waals surface area contributed by atoms with Crippen LogP contribution in [0.3, 0.4) is 0 Å². The molecule has 2 aromatic carbocycles. The molecule has 0 spiro atoms. The molecule has 2 aromatic rings. The molecular weight excluding hydrogens is 258 g/mol. The zero-order valence-electron chi connectivity index (χ0n) is 11.0. The Balaban J connectivity index is 2.23. The number of aryl methyl sites for hydroxylation is 1. The third-order valence-corrected chi connectivity index (χ3v) is 3.30. The van der Waals surface area contributed by atoms with Crippen molar-refractivity contribution in [3.8, 4) is 11.5 Å². The van der Waals surface area contributed by atoms with Gasteiger partial charge in [-0.15, -0.1) is 0 Å². The van der Waals surface area contributed by atoms with Gasteiger partial charge in [0.15, 0.2) is 0 Å². The second kappa shape index (κ2) is 6.60. The summed E-state index contributed by atoms with van der Waals surface area (Å²) in [6.07, 6.45) is 1.75. The maximum atomic E-state index is 6.24. The monoisotopic (exact) mass is 275 g/mol. The summed E-state index contributed by atoms with van der Waals surface area (Å²) in [7, 11) is 0. The number of benzene rings is 2. The molecule has 2 nitrogen and oxygen atoms in total. The van der Waals surface area contributed by atoms with E-state index in [1.54, 1.807) is 0 Å². The Morgan fingerprint density at radius 1 is 1.11 bits per heavy atom. The molecule has 100 valence electrons. The normalized spacial score (nSPS) is 10.5. The molecule has 0 aliphatic carbocycles. The number of nitrogens with two attached hydrogens (primary N) is 1. The summed E-state index contributed by atoms with van der Waals surface area (Å²) in [4.78, 5) is 0. The highest BCUT2D eigenvalue weighted by molar-refractivity contribution is 6.32. The van der Waals surface area contributed by atoms with Gasteiger partial charge in [-0.3, -0.25) is 0 Å². The minimum absolute atomic E-state index is 0.620. The lowest BCUT2D eigenvalue weighted by atomic mass is 10.1. The first-order valence-corrected chi connectivity index (χ1v) is 6.86. The average Bonchev–Trinajstić information content (AvgIpc) is 2.43. The van der Waals surface area contributed by atoms with Crippen molar-refractivity contribution in [1.29, 1.82) is 0 Å². The fourth-order valence-electron chi connectivity index (χ4n) is 1.96. The molecule has 0 radical (unpaired) electrons. The Hall–Kier alpha value is -1.51. The van der Waals surface area contributed by atoms with E-state index in [0.717, 1.165) is 24.2 Å². The Bertz CT molecular complexity index is 554. The maximum Gasteiger partial charge on any atom is 0.146 e. The van der Waals surface area contributed by atoms with Crippen molar-refractivity contribution in [2.24, 2.45) is 5.73 Å². The molecular formula is C16H18ClNO. The Morgan fingerprint density at radius 3 is 2.58 bits per heavy atom. The first kappa shape index (κ1) is 13.9. The quantitative estimate of drug-likeness (QED) is 0.888. The van der Waals surface area contributed by atoms with E-state index < -0.39 is 0 Å². The zero-order chi connectivity index (χ0) is 13.7. The van der Waals surface area contributed by atoms with E-state index in [0.29, 0.717) is 17.3 Å². The summed E-state index contributed by atoms with van der Waals surface area (Å²) < 4.78 is 5.90. The number of para-hydroxylation sites is 1. The minimum atomic E-state index is 0.620. The van der Waals surface area contributed by atoms with Gasteiger partial charge >= 0.3 is 0 Å². The molecule has 0 saturated heterocycles. The van der Waals surface area contributed by atoms with Crippen molar-refractivity contribution in [3.05, 3.63) is 58.6 Å². The highest BCUT2D eigenvalue weighted by atomic mass is 35.5. The lowest BCUT2D eigenvalue weighted by Gasteiger charge is -2.12. The van der Waals surface area contributed by atoms with E-state index in [4.69, 9.17) is 22.1 Å². The van der Waals surface area contributed by atoms with Crippen molar-refractivity contribution in [1.82, 2.24) is 0 Å². The van der Waals surface area contributed by atoms with Crippen LogP contribution in [0.1, 0.15) is 18.1 Å². The first-order valence-electron chi connectivity index (χ1n) is 6.49. The summed E-state index contributed by atoms with van der Waals surface area (Å²) in [5, 5.41) is 0.622. The number of hydrogen-bond acceptors (Lipinski definition) is 2. The van der Waals surface area contributed by atoms with E-state index in [1.165, 1.54) is 5.56 Å². The summed E-state index contributed by atoms with van der Waals surface area (Å²) in [6.45, 7) is 2.73. The van der Waals surface area contributed by atoms with E-state index >= 15 is 0 Å². The second-order valence-corrected chi connectivity index (χ2v) is 4.77. The van der Waals surface area contributed by atoms with Gasteiger partial charge in [0.05, 0.1) is 5.02 Å². The van der Waals surface area contributed by atoms with Gasteiger partial charge in [0, 0.05) is 0 Å². The summed E-state index contributed by atoms with van der Waals surface area (Å²) in [5.41, 5.74) is 7.84. The van der Waals surface area contributed by atoms with Crippen molar-refractivity contribution >= 4 is 11.6 Å². The molecule has 0 aromatic heterocycles. The van der Waals surface area contributed by atoms with Crippen LogP contribution >= 0.6 is 11.6 Å². The van der Waals surface area contributed by atoms with Crippen LogP contribution in [0.2, 0.25) is 5.02 Å². The molecule has 2 rings (SSSR count). The minimum Gasteiger partial charge on any atom is -0.456 e. The molecule has 0 amide bonds. The van der Waals surface area contributed by atoms with Crippen molar-refractivity contribution in [3.63, 3.8) is 0 Å². The molecule has 0 heterocycles. The van der Waals surface area contributed by atoms with Crippen LogP contribution in [0, 0.1) is 0 Å². The molecule has 3 heteroatoms. The molecule has 0 aliphatic heterocycles. The highest BCUT2D eigenvalue weighted by Gasteiger charge is 2.07. The molecule has 0 aliphatic rings. The maximum absolute atomic E-state index is 6.24. The zero-order valence-corrected chi connectivity index (χ0v) is 11.8. The fraction of sp³-hybridized carbons (Fsp3) is 0.250. The lowest BCUT2D eigenvalue weighted by molar-refractivity contribution is 0.477. The van der Waals surface area contributed by atoms with Crippen LogP contribution in [0.4, 0.5) is 0 Å². The lowest BCUT2D eigenvalue weighted by Crippen LogP contribution is -2.02. The number of rotatable bonds is 5. The number of hydrogen-bond donors (Lipinski definition) is 1. The summed E-state index contributed by atoms with van der Waals surface area (Å²) in [6, 6.07) is 13.8. The summed E-state index contributed by atoms with van der Waals surface area (Å²) >= 11 is 6.24. The van der Waals surface area contributed by atoms with Crippen LogP contribution in [0.15, 0.2) is 42.5 Å². The van der Waals surface area contributed by atoms with Crippen molar-refractivity contribution < 1.29 is 4.74 Å². The van der Waals surface area contributed by atoms with E-state index in [9.17, 15) is 0 Å². The first-order chi connectivity index (χ1) is 9.24. The third-order valence-electron chi connectivity index (χ3n) is 3.00. The van der Waals surface area contributed by atoms with Gasteiger partial charge in [-0.1, -0.05) is 42.8 Å². The van der Waals surface area contributed by atoms with Gasteiger partial charge in [-0.2, -0.15) is 0 Å². The Morgan fingerprint density at radius 2 is 1.89 bits per heavy atom. The van der Waals surface area contributed by atoms with Crippen molar-refractivity contribution in [2.45, 2.75) is 19.8 Å². The fourth-order valence-corrected chi connectivity index (χ4v) is 2.20. The molecule has 19 heavy (non-hydrogen) atoms. The average molecular weight is 276 g/mol. The number of ether oxygens (including phenoxy) is 1. The molecule has 0 fully saturated rings. The molecule has 0 atom stereocenters. The van der Waals surface area contributed by atoms with E-state index in [1.807, 2.05) is 36.4 Å². The second-order valence-electron chi connectivity index (χ2n) is 4.37. The predicted octanol–water partition coefficient (Wildman–Crippen LogP) is 4.20.